The molecule has 2 aromatic carbocycles. The van der Waals surface area contributed by atoms with Gasteiger partial charge in [0.1, 0.15) is 11.3 Å². The molecule has 0 aliphatic heterocycles. The van der Waals surface area contributed by atoms with E-state index in [2.05, 4.69) is 43.1 Å². The predicted molar refractivity (Wildman–Crippen MR) is 161 cm³/mol. The summed E-state index contributed by atoms with van der Waals surface area (Å²) in [5.74, 6) is 0.730. The van der Waals surface area contributed by atoms with Crippen molar-refractivity contribution in [2.75, 3.05) is 0 Å². The summed E-state index contributed by atoms with van der Waals surface area (Å²) < 4.78 is 31.1. The largest absolute Gasteiger partial charge is 0.308 e. The Labute approximate surface area is 238 Å². The molecule has 1 amide bonds. The Morgan fingerprint density at radius 3 is 2.35 bits per heavy atom. The second-order valence-corrected chi connectivity index (χ2v) is 12.5. The molecular weight excluding hydrogens is 520 g/mol. The van der Waals surface area contributed by atoms with Gasteiger partial charge in [0.25, 0.3) is 10.0 Å². The van der Waals surface area contributed by atoms with Gasteiger partial charge in [-0.05, 0) is 66.6 Å². The number of imidazole rings is 1. The van der Waals surface area contributed by atoms with Crippen molar-refractivity contribution < 1.29 is 13.2 Å². The maximum atomic E-state index is 13.3. The number of hydrogen-bond acceptors (Lipinski definition) is 5. The molecule has 8 heteroatoms. The van der Waals surface area contributed by atoms with Crippen molar-refractivity contribution in [2.45, 2.75) is 91.0 Å². The third-order valence-electron chi connectivity index (χ3n) is 7.24. The number of pyridine rings is 1. The maximum absolute atomic E-state index is 13.3. The van der Waals surface area contributed by atoms with Gasteiger partial charge in [-0.3, -0.25) is 4.79 Å². The lowest BCUT2D eigenvalue weighted by atomic mass is 9.97. The first-order chi connectivity index (χ1) is 19.0. The SMILES string of the molecule is CCCCCC(=O)NS(=O)(=O)c1ccc(C(C)C)cc1-c1ccc(Cn2c(CC)nc3c(C)cc(C)nc32)cc1. The first-order valence-corrected chi connectivity index (χ1v) is 15.6. The van der Waals surface area contributed by atoms with Crippen LogP contribution in [0.3, 0.4) is 0 Å². The first kappa shape index (κ1) is 29.5. The van der Waals surface area contributed by atoms with Crippen LogP contribution in [0.4, 0.5) is 0 Å². The van der Waals surface area contributed by atoms with Crippen LogP contribution < -0.4 is 4.72 Å². The molecule has 0 saturated carbocycles. The zero-order valence-corrected chi connectivity index (χ0v) is 25.2. The van der Waals surface area contributed by atoms with E-state index in [0.29, 0.717) is 18.5 Å². The highest BCUT2D eigenvalue weighted by Gasteiger charge is 2.23. The van der Waals surface area contributed by atoms with E-state index in [-0.39, 0.29) is 17.2 Å². The number of unbranched alkanes of at least 4 members (excludes halogenated alkanes) is 2. The smallest absolute Gasteiger partial charge is 0.264 e. The van der Waals surface area contributed by atoms with Gasteiger partial charge in [-0.15, -0.1) is 0 Å². The van der Waals surface area contributed by atoms with Gasteiger partial charge >= 0.3 is 0 Å². The Balaban J connectivity index is 1.68. The average Bonchev–Trinajstić information content (AvgIpc) is 3.26. The monoisotopic (exact) mass is 560 g/mol. The van der Waals surface area contributed by atoms with Crippen molar-refractivity contribution in [1.29, 1.82) is 0 Å². The fraction of sp³-hybridized carbons (Fsp3) is 0.406. The van der Waals surface area contributed by atoms with Gasteiger partial charge in [-0.1, -0.05) is 70.9 Å². The molecule has 0 spiro atoms. The summed E-state index contributed by atoms with van der Waals surface area (Å²) in [4.78, 5) is 22.1. The molecule has 0 radical (unpaired) electrons. The van der Waals surface area contributed by atoms with Crippen LogP contribution in [0.5, 0.6) is 0 Å². The predicted octanol–water partition coefficient (Wildman–Crippen LogP) is 6.83. The molecule has 0 bridgehead atoms. The van der Waals surface area contributed by atoms with Gasteiger partial charge in [0, 0.05) is 24.1 Å². The molecule has 2 aromatic heterocycles. The van der Waals surface area contributed by atoms with Crippen LogP contribution in [0.15, 0.2) is 53.4 Å². The van der Waals surface area contributed by atoms with Crippen molar-refractivity contribution in [3.8, 4) is 11.1 Å². The topological polar surface area (TPSA) is 94.0 Å². The maximum Gasteiger partial charge on any atom is 0.264 e. The van der Waals surface area contributed by atoms with E-state index >= 15 is 0 Å². The zero-order chi connectivity index (χ0) is 29.0. The summed E-state index contributed by atoms with van der Waals surface area (Å²) in [5.41, 5.74) is 7.34. The number of nitrogens with zero attached hydrogens (tertiary/aromatic N) is 3. The third kappa shape index (κ3) is 6.44. The highest BCUT2D eigenvalue weighted by Crippen LogP contribution is 2.31. The number of sulfonamides is 1. The molecule has 7 nitrogen and oxygen atoms in total. The molecule has 2 heterocycles. The van der Waals surface area contributed by atoms with Crippen LogP contribution in [-0.2, 0) is 27.8 Å². The van der Waals surface area contributed by atoms with Crippen molar-refractivity contribution in [3.05, 3.63) is 76.7 Å². The van der Waals surface area contributed by atoms with Crippen molar-refractivity contribution in [1.82, 2.24) is 19.3 Å². The molecular formula is C32H40N4O3S. The van der Waals surface area contributed by atoms with Crippen LogP contribution in [0.25, 0.3) is 22.3 Å². The quantitative estimate of drug-likeness (QED) is 0.203. The molecule has 0 aliphatic carbocycles. The molecule has 0 unspecified atom stereocenters. The van der Waals surface area contributed by atoms with E-state index in [1.807, 2.05) is 50.2 Å². The van der Waals surface area contributed by atoms with Gasteiger partial charge in [0.2, 0.25) is 5.91 Å². The number of carbonyl (C=O) groups excluding carboxylic acids is 1. The number of aromatic nitrogens is 3. The Morgan fingerprint density at radius 1 is 0.975 bits per heavy atom. The standard InChI is InChI=1S/C32H40N4O3S/c1-7-9-10-11-30(37)35-40(38,39)28-17-16-26(21(3)4)19-27(28)25-14-12-24(13-15-25)20-36-29(8-2)34-31-22(5)18-23(6)33-32(31)36/h12-19,21H,7-11,20H2,1-6H3,(H,35,37). The normalized spacial score (nSPS) is 11.9. The molecule has 40 heavy (non-hydrogen) atoms. The van der Waals surface area contributed by atoms with E-state index in [9.17, 15) is 13.2 Å². The number of rotatable bonds is 11. The molecule has 1 N–H and O–H groups in total. The fourth-order valence-corrected chi connectivity index (χ4v) is 6.24. The van der Waals surface area contributed by atoms with E-state index in [4.69, 9.17) is 9.97 Å². The van der Waals surface area contributed by atoms with Gasteiger partial charge < -0.3 is 4.57 Å². The Bertz CT molecular complexity index is 1620. The molecule has 0 atom stereocenters. The van der Waals surface area contributed by atoms with Gasteiger partial charge in [0.15, 0.2) is 5.65 Å². The minimum atomic E-state index is -4.03. The van der Waals surface area contributed by atoms with Gasteiger partial charge in [-0.2, -0.15) is 0 Å². The number of carbonyl (C=O) groups is 1. The molecule has 0 aliphatic rings. The lowest BCUT2D eigenvalue weighted by molar-refractivity contribution is -0.119. The van der Waals surface area contributed by atoms with Crippen LogP contribution >= 0.6 is 0 Å². The highest BCUT2D eigenvalue weighted by molar-refractivity contribution is 7.90. The van der Waals surface area contributed by atoms with E-state index in [1.165, 1.54) is 0 Å². The Hall–Kier alpha value is -3.52. The number of fused-ring (bicyclic) bond motifs is 1. The van der Waals surface area contributed by atoms with Crippen molar-refractivity contribution in [2.24, 2.45) is 0 Å². The summed E-state index contributed by atoms with van der Waals surface area (Å²) in [6, 6.07) is 15.4. The van der Waals surface area contributed by atoms with E-state index < -0.39 is 15.9 Å². The Morgan fingerprint density at radius 2 is 1.70 bits per heavy atom. The summed E-state index contributed by atoms with van der Waals surface area (Å²) in [5, 5.41) is 0. The summed E-state index contributed by atoms with van der Waals surface area (Å²) >= 11 is 0. The van der Waals surface area contributed by atoms with Crippen LogP contribution in [0.1, 0.15) is 87.5 Å². The molecule has 0 fully saturated rings. The molecule has 4 aromatic rings. The number of hydrogen-bond donors (Lipinski definition) is 1. The number of amides is 1. The highest BCUT2D eigenvalue weighted by atomic mass is 32.2. The Kier molecular flexibility index (Phi) is 9.08. The lowest BCUT2D eigenvalue weighted by Crippen LogP contribution is -2.30. The average molecular weight is 561 g/mol. The fourth-order valence-electron chi connectivity index (χ4n) is 5.01. The molecule has 0 saturated heterocycles. The minimum absolute atomic E-state index is 0.109. The second kappa shape index (κ2) is 12.3. The van der Waals surface area contributed by atoms with Crippen LogP contribution in [0, 0.1) is 13.8 Å². The number of benzene rings is 2. The van der Waals surface area contributed by atoms with Crippen molar-refractivity contribution in [3.63, 3.8) is 0 Å². The van der Waals surface area contributed by atoms with Crippen LogP contribution in [-0.4, -0.2) is 28.9 Å². The van der Waals surface area contributed by atoms with Gasteiger partial charge in [-0.25, -0.2) is 23.1 Å². The van der Waals surface area contributed by atoms with E-state index in [0.717, 1.165) is 64.2 Å². The van der Waals surface area contributed by atoms with Crippen LogP contribution in [0.2, 0.25) is 0 Å². The lowest BCUT2D eigenvalue weighted by Gasteiger charge is -2.16. The zero-order valence-electron chi connectivity index (χ0n) is 24.4. The summed E-state index contributed by atoms with van der Waals surface area (Å²) in [7, 11) is -4.03. The van der Waals surface area contributed by atoms with Crippen molar-refractivity contribution >= 4 is 27.1 Å². The first-order valence-electron chi connectivity index (χ1n) is 14.2. The number of nitrogens with one attached hydrogen (secondary N) is 1. The summed E-state index contributed by atoms with van der Waals surface area (Å²) in [6.07, 6.45) is 3.50. The minimum Gasteiger partial charge on any atom is -0.308 e. The van der Waals surface area contributed by atoms with E-state index in [1.54, 1.807) is 6.07 Å². The summed E-state index contributed by atoms with van der Waals surface area (Å²) in [6.45, 7) is 13.0. The molecule has 212 valence electrons. The number of aryl methyl sites for hydroxylation is 3. The molecule has 4 rings (SSSR count). The van der Waals surface area contributed by atoms with Gasteiger partial charge in [0.05, 0.1) is 11.4 Å². The second-order valence-electron chi connectivity index (χ2n) is 10.8. The third-order valence-corrected chi connectivity index (χ3v) is 8.67.